The summed E-state index contributed by atoms with van der Waals surface area (Å²) in [6.45, 7) is 3.71. The van der Waals surface area contributed by atoms with Gasteiger partial charge in [-0.2, -0.15) is 12.6 Å². The number of ether oxygens (including phenoxy) is 1. The maximum Gasteiger partial charge on any atom is 0.328 e. The number of nitrogens with one attached hydrogen (secondary N) is 1. The Hall–Kier alpha value is -1.49. The van der Waals surface area contributed by atoms with Crippen molar-refractivity contribution in [2.45, 2.75) is 44.4 Å². The van der Waals surface area contributed by atoms with Crippen LogP contribution >= 0.6 is 12.6 Å². The van der Waals surface area contributed by atoms with Crippen LogP contribution in [0.2, 0.25) is 0 Å². The monoisotopic (exact) mass is 323 g/mol. The van der Waals surface area contributed by atoms with Gasteiger partial charge in [0.25, 0.3) is 0 Å². The number of carbonyl (C=O) groups is 2. The van der Waals surface area contributed by atoms with Gasteiger partial charge in [0.2, 0.25) is 5.91 Å². The zero-order valence-corrected chi connectivity index (χ0v) is 14.3. The van der Waals surface area contributed by atoms with Gasteiger partial charge in [0.15, 0.2) is 0 Å². The number of thiol groups is 1. The fraction of sp³-hybridized carbons (Fsp3) is 0.529. The van der Waals surface area contributed by atoms with Gasteiger partial charge in [-0.1, -0.05) is 43.7 Å². The highest BCUT2D eigenvalue weighted by molar-refractivity contribution is 7.81. The first-order chi connectivity index (χ1) is 10.5. The topological polar surface area (TPSA) is 55.4 Å². The second kappa shape index (κ2) is 9.51. The zero-order valence-electron chi connectivity index (χ0n) is 13.4. The van der Waals surface area contributed by atoms with E-state index in [9.17, 15) is 9.59 Å². The third kappa shape index (κ3) is 6.10. The first-order valence-electron chi connectivity index (χ1n) is 7.56. The molecule has 0 spiro atoms. The van der Waals surface area contributed by atoms with E-state index >= 15 is 0 Å². The lowest BCUT2D eigenvalue weighted by molar-refractivity contribution is -0.145. The summed E-state index contributed by atoms with van der Waals surface area (Å²) >= 11 is 4.53. The summed E-state index contributed by atoms with van der Waals surface area (Å²) in [5, 5.41) is 2.58. The van der Waals surface area contributed by atoms with Crippen LogP contribution in [0.4, 0.5) is 0 Å². The molecule has 0 aromatic rings. The minimum Gasteiger partial charge on any atom is -0.467 e. The van der Waals surface area contributed by atoms with Gasteiger partial charge < -0.3 is 10.1 Å². The molecule has 0 aromatic heterocycles. The maximum absolute atomic E-state index is 12.0. The Morgan fingerprint density at radius 2 is 2.14 bits per heavy atom. The quantitative estimate of drug-likeness (QED) is 0.449. The maximum atomic E-state index is 12.0. The van der Waals surface area contributed by atoms with E-state index in [0.29, 0.717) is 0 Å². The van der Waals surface area contributed by atoms with E-state index in [4.69, 9.17) is 4.74 Å². The minimum absolute atomic E-state index is 0.0358. The normalized spacial score (nSPS) is 17.8. The highest BCUT2D eigenvalue weighted by Gasteiger charge is 2.24. The molecule has 1 aliphatic carbocycles. The largest absolute Gasteiger partial charge is 0.467 e. The van der Waals surface area contributed by atoms with Gasteiger partial charge in [-0.15, -0.1) is 0 Å². The average molecular weight is 323 g/mol. The Labute approximate surface area is 138 Å². The van der Waals surface area contributed by atoms with Gasteiger partial charge >= 0.3 is 5.97 Å². The van der Waals surface area contributed by atoms with Crippen LogP contribution in [0.1, 0.15) is 33.1 Å². The number of rotatable bonds is 6. The molecule has 0 fully saturated rings. The third-order valence-corrected chi connectivity index (χ3v) is 4.02. The molecule has 0 saturated heterocycles. The first kappa shape index (κ1) is 18.6. The molecule has 1 N–H and O–H groups in total. The van der Waals surface area contributed by atoms with Crippen LogP contribution in [0, 0.1) is 5.92 Å². The van der Waals surface area contributed by atoms with Crippen molar-refractivity contribution in [1.29, 1.82) is 0 Å². The van der Waals surface area contributed by atoms with Crippen molar-refractivity contribution < 1.29 is 14.3 Å². The SMILES string of the molecule is COC(=O)C(NC(=O)/C=C/C(S)C1=CC=CCCC1)C(C)C. The molecule has 22 heavy (non-hydrogen) atoms. The molecule has 0 radical (unpaired) electrons. The highest BCUT2D eigenvalue weighted by Crippen LogP contribution is 2.20. The molecule has 1 rings (SSSR count). The van der Waals surface area contributed by atoms with Crippen molar-refractivity contribution >= 4 is 24.5 Å². The predicted molar refractivity (Wildman–Crippen MR) is 91.8 cm³/mol. The van der Waals surface area contributed by atoms with E-state index in [0.717, 1.165) is 19.3 Å². The van der Waals surface area contributed by atoms with Crippen LogP contribution < -0.4 is 5.32 Å². The number of hydrogen-bond donors (Lipinski definition) is 2. The molecule has 1 amide bonds. The number of methoxy groups -OCH3 is 1. The standard InChI is InChI=1S/C17H25NO3S/c1-12(2)16(17(20)21-3)18-15(19)11-10-14(22)13-8-6-4-5-7-9-13/h4,6,8,10-12,14,16,22H,5,7,9H2,1-3H3,(H,18,19)/b11-10+. The van der Waals surface area contributed by atoms with E-state index < -0.39 is 12.0 Å². The predicted octanol–water partition coefficient (Wildman–Crippen LogP) is 2.82. The number of allylic oxidation sites excluding steroid dienone is 3. The van der Waals surface area contributed by atoms with Gasteiger partial charge in [-0.25, -0.2) is 4.79 Å². The summed E-state index contributed by atoms with van der Waals surface area (Å²) in [7, 11) is 1.31. The van der Waals surface area contributed by atoms with Crippen molar-refractivity contribution in [3.05, 3.63) is 36.0 Å². The molecule has 122 valence electrons. The number of esters is 1. The van der Waals surface area contributed by atoms with E-state index in [1.54, 1.807) is 6.08 Å². The molecule has 0 bridgehead atoms. The van der Waals surface area contributed by atoms with Crippen LogP contribution in [-0.4, -0.2) is 30.3 Å². The van der Waals surface area contributed by atoms with Crippen LogP contribution in [-0.2, 0) is 14.3 Å². The summed E-state index contributed by atoms with van der Waals surface area (Å²) in [5.74, 6) is -0.782. The van der Waals surface area contributed by atoms with Crippen molar-refractivity contribution in [1.82, 2.24) is 5.32 Å². The summed E-state index contributed by atoms with van der Waals surface area (Å²) in [6, 6.07) is -0.638. The Kier molecular flexibility index (Phi) is 8.02. The lowest BCUT2D eigenvalue weighted by Crippen LogP contribution is -2.44. The number of hydrogen-bond acceptors (Lipinski definition) is 4. The van der Waals surface area contributed by atoms with Crippen molar-refractivity contribution in [3.8, 4) is 0 Å². The van der Waals surface area contributed by atoms with Crippen LogP contribution in [0.15, 0.2) is 36.0 Å². The summed E-state index contributed by atoms with van der Waals surface area (Å²) < 4.78 is 4.70. The summed E-state index contributed by atoms with van der Waals surface area (Å²) in [5.41, 5.74) is 1.19. The van der Waals surface area contributed by atoms with Crippen LogP contribution in [0.25, 0.3) is 0 Å². The van der Waals surface area contributed by atoms with E-state index in [1.807, 2.05) is 19.9 Å². The van der Waals surface area contributed by atoms with Gasteiger partial charge in [0.1, 0.15) is 6.04 Å². The van der Waals surface area contributed by atoms with Crippen molar-refractivity contribution in [2.75, 3.05) is 7.11 Å². The van der Waals surface area contributed by atoms with E-state index in [-0.39, 0.29) is 17.1 Å². The molecule has 0 aromatic carbocycles. The fourth-order valence-electron chi connectivity index (χ4n) is 2.17. The number of amides is 1. The third-order valence-electron chi connectivity index (χ3n) is 3.51. The molecule has 2 atom stereocenters. The Bertz CT molecular complexity index is 480. The highest BCUT2D eigenvalue weighted by atomic mass is 32.1. The summed E-state index contributed by atoms with van der Waals surface area (Å²) in [6.07, 6.45) is 12.5. The first-order valence-corrected chi connectivity index (χ1v) is 8.07. The Morgan fingerprint density at radius 3 is 2.77 bits per heavy atom. The molecule has 1 aliphatic rings. The number of carbonyl (C=O) groups excluding carboxylic acids is 2. The molecule has 0 heterocycles. The average Bonchev–Trinajstić information content (AvgIpc) is 2.78. The van der Waals surface area contributed by atoms with E-state index in [1.165, 1.54) is 18.8 Å². The molecule has 2 unspecified atom stereocenters. The van der Waals surface area contributed by atoms with Gasteiger partial charge in [-0.05, 0) is 25.2 Å². The molecule has 5 heteroatoms. The second-order valence-electron chi connectivity index (χ2n) is 5.62. The van der Waals surface area contributed by atoms with Crippen molar-refractivity contribution in [2.24, 2.45) is 5.92 Å². The lowest BCUT2D eigenvalue weighted by atomic mass is 10.0. The molecule has 4 nitrogen and oxygen atoms in total. The smallest absolute Gasteiger partial charge is 0.328 e. The molecular formula is C17H25NO3S. The van der Waals surface area contributed by atoms with E-state index in [2.05, 4.69) is 30.1 Å². The van der Waals surface area contributed by atoms with Gasteiger partial charge in [0, 0.05) is 11.3 Å². The molecule has 0 aliphatic heterocycles. The molecule has 0 saturated carbocycles. The van der Waals surface area contributed by atoms with Gasteiger partial charge in [-0.3, -0.25) is 4.79 Å². The minimum atomic E-state index is -0.638. The second-order valence-corrected chi connectivity index (χ2v) is 6.18. The summed E-state index contributed by atoms with van der Waals surface area (Å²) in [4.78, 5) is 23.6. The zero-order chi connectivity index (χ0) is 16.5. The van der Waals surface area contributed by atoms with Crippen molar-refractivity contribution in [3.63, 3.8) is 0 Å². The Balaban J connectivity index is 2.60. The Morgan fingerprint density at radius 1 is 1.41 bits per heavy atom. The van der Waals surface area contributed by atoms with Gasteiger partial charge in [0.05, 0.1) is 7.11 Å². The van der Waals surface area contributed by atoms with Crippen LogP contribution in [0.3, 0.4) is 0 Å². The fourth-order valence-corrected chi connectivity index (χ4v) is 2.47. The lowest BCUT2D eigenvalue weighted by Gasteiger charge is -2.19. The molecular weight excluding hydrogens is 298 g/mol. The van der Waals surface area contributed by atoms with Crippen LogP contribution in [0.5, 0.6) is 0 Å².